The number of aromatic nitrogens is 1. The van der Waals surface area contributed by atoms with Crippen molar-refractivity contribution in [3.63, 3.8) is 0 Å². The Morgan fingerprint density at radius 2 is 1.58 bits per heavy atom. The Balaban J connectivity index is 1.92. The number of nitriles is 1. The third-order valence-corrected chi connectivity index (χ3v) is 4.77. The normalized spacial score (nSPS) is 11.7. The summed E-state index contributed by atoms with van der Waals surface area (Å²) in [6.45, 7) is 0. The molecule has 0 N–H and O–H groups in total. The van der Waals surface area contributed by atoms with Crippen LogP contribution in [0, 0.1) is 11.3 Å². The molecular weight excluding hydrogens is 403 g/mol. The number of alkyl halides is 3. The van der Waals surface area contributed by atoms with Crippen molar-refractivity contribution in [2.75, 3.05) is 0 Å². The maximum atomic E-state index is 13.5. The average Bonchev–Trinajstić information content (AvgIpc) is 2.77. The van der Waals surface area contributed by atoms with E-state index in [1.165, 1.54) is 12.3 Å². The maximum Gasteiger partial charge on any atom is 0.417 e. The summed E-state index contributed by atoms with van der Waals surface area (Å²) >= 11 is 0. The second-order valence-electron chi connectivity index (χ2n) is 6.76. The number of hydrogen-bond acceptors (Lipinski definition) is 3. The molecule has 152 valence electrons. The SMILES string of the molecule is N#Cc1c(C(F)(F)F)cc(-c2ccccc2)n(N=Cc2ccc3ccccc3c2)c1=O. The highest BCUT2D eigenvalue weighted by Gasteiger charge is 2.36. The van der Waals surface area contributed by atoms with Gasteiger partial charge in [-0.1, -0.05) is 66.7 Å². The van der Waals surface area contributed by atoms with Gasteiger partial charge in [-0.15, -0.1) is 0 Å². The molecule has 0 saturated heterocycles. The first-order chi connectivity index (χ1) is 14.9. The molecule has 4 rings (SSSR count). The number of rotatable bonds is 3. The van der Waals surface area contributed by atoms with Crippen LogP contribution < -0.4 is 5.56 Å². The molecule has 0 fully saturated rings. The van der Waals surface area contributed by atoms with Crippen molar-refractivity contribution in [1.29, 1.82) is 5.26 Å². The van der Waals surface area contributed by atoms with Crippen molar-refractivity contribution >= 4 is 17.0 Å². The third-order valence-electron chi connectivity index (χ3n) is 4.77. The van der Waals surface area contributed by atoms with Gasteiger partial charge in [-0.25, -0.2) is 0 Å². The molecule has 7 heteroatoms. The maximum absolute atomic E-state index is 13.5. The number of pyridine rings is 1. The average molecular weight is 417 g/mol. The summed E-state index contributed by atoms with van der Waals surface area (Å²) < 4.78 is 41.3. The van der Waals surface area contributed by atoms with E-state index in [9.17, 15) is 23.2 Å². The van der Waals surface area contributed by atoms with Gasteiger partial charge in [0.05, 0.1) is 17.5 Å². The Hall–Kier alpha value is -4.18. The first-order valence-corrected chi connectivity index (χ1v) is 9.24. The zero-order chi connectivity index (χ0) is 22.0. The molecule has 0 aliphatic carbocycles. The van der Waals surface area contributed by atoms with Crippen LogP contribution in [0.1, 0.15) is 16.7 Å². The van der Waals surface area contributed by atoms with Gasteiger partial charge >= 0.3 is 6.18 Å². The third kappa shape index (κ3) is 3.96. The Kier molecular flexibility index (Phi) is 5.14. The van der Waals surface area contributed by atoms with E-state index in [4.69, 9.17) is 0 Å². The lowest BCUT2D eigenvalue weighted by molar-refractivity contribution is -0.137. The summed E-state index contributed by atoms with van der Waals surface area (Å²) in [6, 6.07) is 23.5. The van der Waals surface area contributed by atoms with Gasteiger partial charge in [0, 0.05) is 5.56 Å². The zero-order valence-corrected chi connectivity index (χ0v) is 16.0. The zero-order valence-electron chi connectivity index (χ0n) is 16.0. The van der Waals surface area contributed by atoms with Crippen molar-refractivity contribution in [3.8, 4) is 17.3 Å². The first kappa shape index (κ1) is 20.1. The molecule has 4 aromatic rings. The van der Waals surface area contributed by atoms with E-state index in [-0.39, 0.29) is 5.69 Å². The van der Waals surface area contributed by atoms with Crippen molar-refractivity contribution in [3.05, 3.63) is 106 Å². The van der Waals surface area contributed by atoms with Crippen LogP contribution in [0.2, 0.25) is 0 Å². The summed E-state index contributed by atoms with van der Waals surface area (Å²) in [7, 11) is 0. The Morgan fingerprint density at radius 3 is 2.26 bits per heavy atom. The van der Waals surface area contributed by atoms with Gasteiger partial charge in [0.1, 0.15) is 11.6 Å². The van der Waals surface area contributed by atoms with Crippen LogP contribution in [0.3, 0.4) is 0 Å². The van der Waals surface area contributed by atoms with E-state index in [1.54, 1.807) is 36.4 Å². The number of halogens is 3. The minimum absolute atomic E-state index is 0.0611. The largest absolute Gasteiger partial charge is 0.417 e. The minimum atomic E-state index is -4.85. The lowest BCUT2D eigenvalue weighted by Crippen LogP contribution is -2.26. The molecule has 0 aliphatic rings. The molecule has 0 saturated carbocycles. The fourth-order valence-electron chi connectivity index (χ4n) is 3.27. The van der Waals surface area contributed by atoms with E-state index < -0.39 is 22.9 Å². The lowest BCUT2D eigenvalue weighted by atomic mass is 10.0. The minimum Gasteiger partial charge on any atom is -0.266 e. The molecule has 1 heterocycles. The fourth-order valence-corrected chi connectivity index (χ4v) is 3.27. The molecule has 0 bridgehead atoms. The number of fused-ring (bicyclic) bond motifs is 1. The highest BCUT2D eigenvalue weighted by atomic mass is 19.4. The molecule has 0 spiro atoms. The molecular formula is C24H14F3N3O. The molecule has 0 amide bonds. The van der Waals surface area contributed by atoms with Crippen molar-refractivity contribution < 1.29 is 13.2 Å². The van der Waals surface area contributed by atoms with Crippen LogP contribution in [0.15, 0.2) is 88.8 Å². The summed E-state index contributed by atoms with van der Waals surface area (Å²) in [4.78, 5) is 12.8. The monoisotopic (exact) mass is 417 g/mol. The molecule has 0 atom stereocenters. The second-order valence-corrected chi connectivity index (χ2v) is 6.76. The number of benzene rings is 3. The predicted octanol–water partition coefficient (Wildman–Crippen LogP) is 5.44. The second kappa shape index (κ2) is 7.92. The van der Waals surface area contributed by atoms with Crippen molar-refractivity contribution in [2.45, 2.75) is 6.18 Å². The van der Waals surface area contributed by atoms with Crippen LogP contribution in [0.5, 0.6) is 0 Å². The van der Waals surface area contributed by atoms with Gasteiger partial charge < -0.3 is 0 Å². The summed E-state index contributed by atoms with van der Waals surface area (Å²) in [6.07, 6.45) is -3.47. The lowest BCUT2D eigenvalue weighted by Gasteiger charge is -2.14. The number of nitrogens with zero attached hydrogens (tertiary/aromatic N) is 3. The Morgan fingerprint density at radius 1 is 0.903 bits per heavy atom. The van der Waals surface area contributed by atoms with Crippen LogP contribution >= 0.6 is 0 Å². The van der Waals surface area contributed by atoms with E-state index in [1.807, 2.05) is 36.4 Å². The van der Waals surface area contributed by atoms with E-state index in [2.05, 4.69) is 5.10 Å². The molecule has 3 aromatic carbocycles. The fraction of sp³-hybridized carbons (Fsp3) is 0.0417. The highest BCUT2D eigenvalue weighted by molar-refractivity contribution is 5.90. The smallest absolute Gasteiger partial charge is 0.266 e. The van der Waals surface area contributed by atoms with Gasteiger partial charge in [-0.3, -0.25) is 4.79 Å². The predicted molar refractivity (Wildman–Crippen MR) is 113 cm³/mol. The van der Waals surface area contributed by atoms with Gasteiger partial charge in [0.15, 0.2) is 0 Å². The van der Waals surface area contributed by atoms with Crippen LogP contribution in [0.25, 0.3) is 22.0 Å². The van der Waals surface area contributed by atoms with Crippen LogP contribution in [-0.4, -0.2) is 10.9 Å². The topological polar surface area (TPSA) is 58.1 Å². The summed E-state index contributed by atoms with van der Waals surface area (Å²) in [5.74, 6) is 0. The highest BCUT2D eigenvalue weighted by Crippen LogP contribution is 2.33. The van der Waals surface area contributed by atoms with Crippen molar-refractivity contribution in [1.82, 2.24) is 4.68 Å². The van der Waals surface area contributed by atoms with Crippen molar-refractivity contribution in [2.24, 2.45) is 5.10 Å². The van der Waals surface area contributed by atoms with Gasteiger partial charge in [-0.05, 0) is 28.5 Å². The van der Waals surface area contributed by atoms with E-state index in [0.717, 1.165) is 21.5 Å². The van der Waals surface area contributed by atoms with Gasteiger partial charge in [-0.2, -0.15) is 28.2 Å². The molecule has 0 unspecified atom stereocenters. The van der Waals surface area contributed by atoms with Crippen LogP contribution in [-0.2, 0) is 6.18 Å². The molecule has 0 radical (unpaired) electrons. The van der Waals surface area contributed by atoms with Gasteiger partial charge in [0.2, 0.25) is 0 Å². The summed E-state index contributed by atoms with van der Waals surface area (Å²) in [5, 5.41) is 15.4. The van der Waals surface area contributed by atoms with E-state index >= 15 is 0 Å². The molecule has 4 nitrogen and oxygen atoms in total. The molecule has 0 aliphatic heterocycles. The Labute approximate surface area is 175 Å². The van der Waals surface area contributed by atoms with Gasteiger partial charge in [0.25, 0.3) is 5.56 Å². The van der Waals surface area contributed by atoms with E-state index in [0.29, 0.717) is 11.1 Å². The first-order valence-electron chi connectivity index (χ1n) is 9.24. The molecule has 1 aromatic heterocycles. The van der Waals surface area contributed by atoms with Crippen LogP contribution in [0.4, 0.5) is 13.2 Å². The quantitative estimate of drug-likeness (QED) is 0.417. The Bertz CT molecular complexity index is 1400. The summed E-state index contributed by atoms with van der Waals surface area (Å²) in [5.41, 5.74) is -2.45. The standard InChI is InChI=1S/C24H14F3N3O/c25-24(26,27)21-13-22(18-7-2-1-3-8-18)30(23(31)20(21)14-28)29-15-16-10-11-17-6-4-5-9-19(17)12-16/h1-13,15H. The molecule has 31 heavy (non-hydrogen) atoms. The number of hydrogen-bond donors (Lipinski definition) is 0.